The minimum Gasteiger partial charge on any atom is -0.497 e. The third-order valence-electron chi connectivity index (χ3n) is 17.8. The average molecular weight is 1100 g/mol. The molecule has 0 saturated carbocycles. The molecule has 0 spiro atoms. The van der Waals surface area contributed by atoms with Crippen LogP contribution in [0.4, 0.5) is 0 Å². The Morgan fingerprint density at radius 1 is 0.256 bits per heavy atom. The van der Waals surface area contributed by atoms with Crippen molar-refractivity contribution in [2.24, 2.45) is 0 Å². The maximum absolute atomic E-state index is 5.73. The van der Waals surface area contributed by atoms with Crippen molar-refractivity contribution in [2.75, 3.05) is 7.11 Å². The van der Waals surface area contributed by atoms with Crippen LogP contribution < -0.4 is 4.74 Å². The van der Waals surface area contributed by atoms with Gasteiger partial charge in [0.15, 0.2) is 5.82 Å². The number of ether oxygens (including phenoxy) is 1. The van der Waals surface area contributed by atoms with Crippen molar-refractivity contribution in [3.63, 3.8) is 0 Å². The van der Waals surface area contributed by atoms with E-state index in [-0.39, 0.29) is 0 Å². The monoisotopic (exact) mass is 1100 g/mol. The minimum atomic E-state index is 0.648. The molecule has 0 aliphatic rings. The minimum absolute atomic E-state index is 0.648. The van der Waals surface area contributed by atoms with Gasteiger partial charge in [0.2, 0.25) is 0 Å². The van der Waals surface area contributed by atoms with E-state index in [4.69, 9.17) is 14.7 Å². The fourth-order valence-corrected chi connectivity index (χ4v) is 14.0. The Morgan fingerprint density at radius 3 is 1.16 bits per heavy atom. The van der Waals surface area contributed by atoms with E-state index in [9.17, 15) is 0 Å². The molecule has 0 aliphatic carbocycles. The Labute approximate surface area is 493 Å². The molecule has 13 aromatic carbocycles. The molecule has 0 saturated heterocycles. The highest BCUT2D eigenvalue weighted by molar-refractivity contribution is 6.15. The molecule has 86 heavy (non-hydrogen) atoms. The smallest absolute Gasteiger partial charge is 0.160 e. The summed E-state index contributed by atoms with van der Waals surface area (Å²) in [5.41, 5.74) is 19.2. The molecular formula is C79H50N6O. The number of para-hydroxylation sites is 6. The van der Waals surface area contributed by atoms with Gasteiger partial charge in [-0.05, 0) is 132 Å². The molecule has 0 atom stereocenters. The highest BCUT2D eigenvalue weighted by Gasteiger charge is 2.23. The van der Waals surface area contributed by atoms with Gasteiger partial charge in [0, 0.05) is 87.7 Å². The second-order valence-electron chi connectivity index (χ2n) is 22.5. The number of methoxy groups -OCH3 is 1. The molecule has 5 heterocycles. The first kappa shape index (κ1) is 48.0. The van der Waals surface area contributed by atoms with E-state index in [0.717, 1.165) is 100 Å². The summed E-state index contributed by atoms with van der Waals surface area (Å²) in [6, 6.07) is 104. The van der Waals surface area contributed by atoms with E-state index in [1.54, 1.807) is 7.11 Å². The van der Waals surface area contributed by atoms with E-state index in [1.165, 1.54) is 65.2 Å². The highest BCUT2D eigenvalue weighted by atomic mass is 16.5. The molecule has 0 bridgehead atoms. The number of hydrogen-bond donors (Lipinski definition) is 0. The Bertz CT molecular complexity index is 5480. The lowest BCUT2D eigenvalue weighted by atomic mass is 9.99. The standard InChI is InChI=1S/C79H50N6O/c1-86-58-38-33-49(34-39-58)51-18-16-19-52(43-51)79-80-77(66-40-35-50-17-2-3-20-59(50)78(66)81-79)53-44-56(84-73-31-14-8-25-64(73)67-47-54(36-41-75(67)84)82-69-27-10-4-21-60(69)61-22-5-11-28-70(61)82)46-57(45-53)85-74-32-15-9-26-65(74)68-48-55(37-42-76(68)85)83-71-29-12-6-23-62(71)63-24-7-13-30-72(63)83/h2-48H,1H3. The Morgan fingerprint density at radius 2 is 0.674 bits per heavy atom. The summed E-state index contributed by atoms with van der Waals surface area (Å²) in [6.45, 7) is 0. The molecule has 0 amide bonds. The zero-order valence-electron chi connectivity index (χ0n) is 46.7. The molecule has 7 nitrogen and oxygen atoms in total. The molecule has 18 aromatic rings. The Hall–Kier alpha value is -11.5. The number of nitrogens with zero attached hydrogens (tertiary/aromatic N) is 6. The number of benzene rings is 13. The quantitative estimate of drug-likeness (QED) is 0.143. The lowest BCUT2D eigenvalue weighted by Gasteiger charge is -2.17. The van der Waals surface area contributed by atoms with E-state index < -0.39 is 0 Å². The Kier molecular flexibility index (Phi) is 10.5. The summed E-state index contributed by atoms with van der Waals surface area (Å²) in [7, 11) is 1.70. The maximum atomic E-state index is 5.73. The van der Waals surface area contributed by atoms with Gasteiger partial charge in [-0.2, -0.15) is 0 Å². The van der Waals surface area contributed by atoms with E-state index in [0.29, 0.717) is 5.82 Å². The second-order valence-corrected chi connectivity index (χ2v) is 22.5. The van der Waals surface area contributed by atoms with Crippen LogP contribution in [-0.2, 0) is 0 Å². The predicted octanol–water partition coefficient (Wildman–Crippen LogP) is 20.2. The van der Waals surface area contributed by atoms with Crippen LogP contribution in [0.5, 0.6) is 5.75 Å². The van der Waals surface area contributed by atoms with Crippen molar-refractivity contribution in [1.82, 2.24) is 28.2 Å². The molecule has 5 aromatic heterocycles. The van der Waals surface area contributed by atoms with Crippen LogP contribution in [0.3, 0.4) is 0 Å². The lowest BCUT2D eigenvalue weighted by Crippen LogP contribution is -2.02. The average Bonchev–Trinajstić information content (AvgIpc) is 1.66. The first-order chi connectivity index (χ1) is 42.6. The predicted molar refractivity (Wildman–Crippen MR) is 357 cm³/mol. The topological polar surface area (TPSA) is 54.7 Å². The van der Waals surface area contributed by atoms with Gasteiger partial charge in [-0.1, -0.05) is 170 Å². The number of rotatable bonds is 8. The molecule has 402 valence electrons. The van der Waals surface area contributed by atoms with Gasteiger partial charge in [-0.25, -0.2) is 9.97 Å². The summed E-state index contributed by atoms with van der Waals surface area (Å²) < 4.78 is 15.3. The third kappa shape index (κ3) is 7.22. The van der Waals surface area contributed by atoms with Gasteiger partial charge in [-0.15, -0.1) is 0 Å². The largest absolute Gasteiger partial charge is 0.497 e. The summed E-state index contributed by atoms with van der Waals surface area (Å²) in [5.74, 6) is 1.46. The zero-order valence-corrected chi connectivity index (χ0v) is 46.7. The summed E-state index contributed by atoms with van der Waals surface area (Å²) >= 11 is 0. The SMILES string of the molecule is COc1ccc(-c2cccc(-c3nc(-c4cc(-n5c6ccccc6c6cc(-n7c8ccccc8c8ccccc87)ccc65)cc(-n5c6ccccc6c6cc(-n7c8ccccc8c8ccccc87)ccc65)c4)c4ccc5ccccc5c4n3)c2)cc1. The van der Waals surface area contributed by atoms with Crippen LogP contribution in [0.25, 0.3) is 165 Å². The van der Waals surface area contributed by atoms with Crippen LogP contribution in [-0.4, -0.2) is 35.3 Å². The zero-order chi connectivity index (χ0) is 56.6. The van der Waals surface area contributed by atoms with E-state index in [1.807, 2.05) is 12.1 Å². The second kappa shape index (κ2) is 18.7. The van der Waals surface area contributed by atoms with Gasteiger partial charge in [0.05, 0.1) is 62.5 Å². The van der Waals surface area contributed by atoms with Gasteiger partial charge < -0.3 is 23.0 Å². The van der Waals surface area contributed by atoms with Crippen LogP contribution >= 0.6 is 0 Å². The van der Waals surface area contributed by atoms with Gasteiger partial charge in [0.1, 0.15) is 5.75 Å². The lowest BCUT2D eigenvalue weighted by molar-refractivity contribution is 0.415. The fraction of sp³-hybridized carbons (Fsp3) is 0.0127. The fourth-order valence-electron chi connectivity index (χ4n) is 14.0. The Balaban J connectivity index is 0.913. The molecule has 0 fully saturated rings. The number of aromatic nitrogens is 6. The van der Waals surface area contributed by atoms with Crippen LogP contribution in [0.1, 0.15) is 0 Å². The molecule has 18 rings (SSSR count). The molecule has 0 radical (unpaired) electrons. The van der Waals surface area contributed by atoms with Crippen LogP contribution in [0.15, 0.2) is 285 Å². The first-order valence-electron chi connectivity index (χ1n) is 29.2. The summed E-state index contributed by atoms with van der Waals surface area (Å²) in [6.07, 6.45) is 0. The van der Waals surface area contributed by atoms with Gasteiger partial charge in [0.25, 0.3) is 0 Å². The van der Waals surface area contributed by atoms with E-state index in [2.05, 4.69) is 291 Å². The van der Waals surface area contributed by atoms with E-state index >= 15 is 0 Å². The molecule has 0 aliphatic heterocycles. The highest BCUT2D eigenvalue weighted by Crippen LogP contribution is 2.43. The van der Waals surface area contributed by atoms with Gasteiger partial charge >= 0.3 is 0 Å². The summed E-state index contributed by atoms with van der Waals surface area (Å²) in [5, 5.41) is 12.8. The molecule has 0 unspecified atom stereocenters. The van der Waals surface area contributed by atoms with Crippen molar-refractivity contribution in [2.45, 2.75) is 0 Å². The molecular weight excluding hydrogens is 1050 g/mol. The first-order valence-corrected chi connectivity index (χ1v) is 29.2. The van der Waals surface area contributed by atoms with Crippen LogP contribution in [0.2, 0.25) is 0 Å². The van der Waals surface area contributed by atoms with Gasteiger partial charge in [-0.3, -0.25) is 0 Å². The molecule has 0 N–H and O–H groups in total. The summed E-state index contributed by atoms with van der Waals surface area (Å²) in [4.78, 5) is 11.2. The molecule has 7 heteroatoms. The maximum Gasteiger partial charge on any atom is 0.160 e. The third-order valence-corrected chi connectivity index (χ3v) is 17.8. The van der Waals surface area contributed by atoms with Crippen LogP contribution in [0, 0.1) is 0 Å². The van der Waals surface area contributed by atoms with Crippen molar-refractivity contribution < 1.29 is 4.74 Å². The van der Waals surface area contributed by atoms with Crippen molar-refractivity contribution >= 4 is 109 Å². The van der Waals surface area contributed by atoms with Crippen molar-refractivity contribution in [3.8, 4) is 62.3 Å². The normalized spacial score (nSPS) is 12.0. The number of hydrogen-bond acceptors (Lipinski definition) is 3. The van der Waals surface area contributed by atoms with Crippen molar-refractivity contribution in [3.05, 3.63) is 285 Å². The number of fused-ring (bicyclic) bond motifs is 15. The van der Waals surface area contributed by atoms with Crippen molar-refractivity contribution in [1.29, 1.82) is 0 Å².